The fraction of sp³-hybridized carbons (Fsp3) is 0.533. The van der Waals surface area contributed by atoms with Crippen molar-refractivity contribution in [3.05, 3.63) is 29.7 Å². The van der Waals surface area contributed by atoms with E-state index in [1.54, 1.807) is 4.52 Å². The molecule has 0 radical (unpaired) electrons. The smallest absolute Gasteiger partial charge is 0.254 e. The van der Waals surface area contributed by atoms with Crippen LogP contribution in [0.5, 0.6) is 0 Å². The summed E-state index contributed by atoms with van der Waals surface area (Å²) < 4.78 is 3.77. The molecule has 1 aliphatic rings. The molecule has 0 saturated carbocycles. The minimum Gasteiger partial charge on any atom is -0.365 e. The molecular formula is C15H20N8. The predicted octanol–water partition coefficient (Wildman–Crippen LogP) is 1.57. The van der Waals surface area contributed by atoms with Gasteiger partial charge in [-0.05, 0) is 13.3 Å². The summed E-state index contributed by atoms with van der Waals surface area (Å²) in [7, 11) is 0. The van der Waals surface area contributed by atoms with Gasteiger partial charge in [0.25, 0.3) is 5.78 Å². The predicted molar refractivity (Wildman–Crippen MR) is 85.4 cm³/mol. The molecular weight excluding hydrogens is 292 g/mol. The van der Waals surface area contributed by atoms with Gasteiger partial charge in [0, 0.05) is 30.1 Å². The lowest BCUT2D eigenvalue weighted by molar-refractivity contribution is 0.438. The largest absolute Gasteiger partial charge is 0.365 e. The fourth-order valence-electron chi connectivity index (χ4n) is 2.93. The highest BCUT2D eigenvalue weighted by Gasteiger charge is 2.23. The maximum absolute atomic E-state index is 4.63. The van der Waals surface area contributed by atoms with Crippen LogP contribution >= 0.6 is 0 Å². The van der Waals surface area contributed by atoms with Gasteiger partial charge in [-0.25, -0.2) is 14.6 Å². The zero-order valence-corrected chi connectivity index (χ0v) is 13.6. The zero-order chi connectivity index (χ0) is 16.0. The van der Waals surface area contributed by atoms with Crippen molar-refractivity contribution in [1.82, 2.24) is 34.3 Å². The summed E-state index contributed by atoms with van der Waals surface area (Å²) in [6.45, 7) is 7.02. The number of nitrogens with one attached hydrogen (secondary N) is 1. The summed E-state index contributed by atoms with van der Waals surface area (Å²) in [5.41, 5.74) is 0.923. The molecule has 8 heteroatoms. The second-order valence-corrected chi connectivity index (χ2v) is 6.36. The third kappa shape index (κ3) is 2.54. The van der Waals surface area contributed by atoms with Gasteiger partial charge in [-0.3, -0.25) is 0 Å². The number of rotatable bonds is 3. The van der Waals surface area contributed by atoms with E-state index < -0.39 is 0 Å². The maximum atomic E-state index is 4.63. The monoisotopic (exact) mass is 312 g/mol. The molecule has 0 fully saturated rings. The molecule has 8 nitrogen and oxygen atoms in total. The zero-order valence-electron chi connectivity index (χ0n) is 13.6. The standard InChI is InChI=1S/C15H20N8/c1-9(2)14-20-12-5-4-11(7-22(12)21-14)19-13-6-10(3)18-15-16-8-17-23(13)15/h6,8-9,11,19H,4-5,7H2,1-3H3. The summed E-state index contributed by atoms with van der Waals surface area (Å²) in [5, 5.41) is 12.4. The Kier molecular flexibility index (Phi) is 3.24. The minimum absolute atomic E-state index is 0.290. The summed E-state index contributed by atoms with van der Waals surface area (Å²) >= 11 is 0. The normalized spacial score (nSPS) is 17.7. The van der Waals surface area contributed by atoms with Crippen LogP contribution in [-0.2, 0) is 13.0 Å². The van der Waals surface area contributed by atoms with Crippen LogP contribution in [0.2, 0.25) is 0 Å². The first kappa shape index (κ1) is 14.1. The third-order valence-electron chi connectivity index (χ3n) is 4.12. The third-order valence-corrected chi connectivity index (χ3v) is 4.12. The summed E-state index contributed by atoms with van der Waals surface area (Å²) in [5.74, 6) is 3.91. The highest BCUT2D eigenvalue weighted by atomic mass is 15.4. The Hall–Kier alpha value is -2.51. The van der Waals surface area contributed by atoms with E-state index in [9.17, 15) is 0 Å². The van der Waals surface area contributed by atoms with E-state index in [1.807, 2.05) is 17.7 Å². The molecule has 0 aromatic carbocycles. The van der Waals surface area contributed by atoms with E-state index in [4.69, 9.17) is 0 Å². The van der Waals surface area contributed by atoms with E-state index in [-0.39, 0.29) is 0 Å². The average molecular weight is 312 g/mol. The molecule has 0 spiro atoms. The van der Waals surface area contributed by atoms with Crippen LogP contribution in [0.4, 0.5) is 5.82 Å². The van der Waals surface area contributed by atoms with Gasteiger partial charge in [0.2, 0.25) is 0 Å². The molecule has 1 N–H and O–H groups in total. The van der Waals surface area contributed by atoms with Gasteiger partial charge in [0.1, 0.15) is 18.0 Å². The number of nitrogens with zero attached hydrogens (tertiary/aromatic N) is 7. The van der Waals surface area contributed by atoms with E-state index in [0.717, 1.165) is 42.5 Å². The van der Waals surface area contributed by atoms with Gasteiger partial charge in [0.15, 0.2) is 5.82 Å². The number of hydrogen-bond acceptors (Lipinski definition) is 6. The Labute approximate surface area is 134 Å². The summed E-state index contributed by atoms with van der Waals surface area (Å²) in [6, 6.07) is 2.29. The molecule has 1 atom stereocenters. The van der Waals surface area contributed by atoms with Crippen molar-refractivity contribution in [3.63, 3.8) is 0 Å². The van der Waals surface area contributed by atoms with Gasteiger partial charge in [0.05, 0.1) is 6.54 Å². The second-order valence-electron chi connectivity index (χ2n) is 6.36. The first-order valence-corrected chi connectivity index (χ1v) is 7.97. The Morgan fingerprint density at radius 3 is 3.00 bits per heavy atom. The van der Waals surface area contributed by atoms with Gasteiger partial charge in [-0.2, -0.15) is 19.7 Å². The Morgan fingerprint density at radius 1 is 1.30 bits per heavy atom. The van der Waals surface area contributed by atoms with Crippen molar-refractivity contribution >= 4 is 11.6 Å². The van der Waals surface area contributed by atoms with Crippen molar-refractivity contribution in [1.29, 1.82) is 0 Å². The van der Waals surface area contributed by atoms with Crippen molar-refractivity contribution in [2.45, 2.75) is 52.1 Å². The molecule has 3 aromatic heterocycles. The van der Waals surface area contributed by atoms with Gasteiger partial charge < -0.3 is 5.32 Å². The van der Waals surface area contributed by atoms with Crippen molar-refractivity contribution in [2.75, 3.05) is 5.32 Å². The van der Waals surface area contributed by atoms with Crippen molar-refractivity contribution in [3.8, 4) is 0 Å². The van der Waals surface area contributed by atoms with Crippen LogP contribution in [0.3, 0.4) is 0 Å². The molecule has 4 rings (SSSR count). The Bertz CT molecular complexity index is 846. The SMILES string of the molecule is Cc1cc(NC2CCc3nc(C(C)C)nn3C2)n2ncnc2n1. The lowest BCUT2D eigenvalue weighted by Gasteiger charge is -2.24. The minimum atomic E-state index is 0.290. The van der Waals surface area contributed by atoms with Crippen LogP contribution in [0.15, 0.2) is 12.4 Å². The molecule has 1 unspecified atom stereocenters. The molecule has 3 aromatic rings. The van der Waals surface area contributed by atoms with Gasteiger partial charge in [-0.15, -0.1) is 0 Å². The average Bonchev–Trinajstić information content (AvgIpc) is 3.12. The van der Waals surface area contributed by atoms with Crippen molar-refractivity contribution in [2.24, 2.45) is 0 Å². The maximum Gasteiger partial charge on any atom is 0.254 e. The number of hydrogen-bond donors (Lipinski definition) is 1. The highest BCUT2D eigenvalue weighted by Crippen LogP contribution is 2.20. The Morgan fingerprint density at radius 2 is 2.17 bits per heavy atom. The molecule has 120 valence electrons. The van der Waals surface area contributed by atoms with Crippen LogP contribution in [0, 0.1) is 6.92 Å². The second kappa shape index (κ2) is 5.29. The molecule has 0 amide bonds. The number of anilines is 1. The van der Waals surface area contributed by atoms with Crippen LogP contribution < -0.4 is 5.32 Å². The van der Waals surface area contributed by atoms with E-state index >= 15 is 0 Å². The molecule has 0 saturated heterocycles. The Balaban J connectivity index is 1.58. The molecule has 1 aliphatic heterocycles. The topological polar surface area (TPSA) is 85.8 Å². The molecule has 0 bridgehead atoms. The van der Waals surface area contributed by atoms with Crippen LogP contribution in [-0.4, -0.2) is 40.4 Å². The van der Waals surface area contributed by atoms with E-state index in [1.165, 1.54) is 6.33 Å². The number of aromatic nitrogens is 7. The highest BCUT2D eigenvalue weighted by molar-refractivity contribution is 5.45. The van der Waals surface area contributed by atoms with E-state index in [2.05, 4.69) is 44.3 Å². The number of aryl methyl sites for hydroxylation is 2. The summed E-state index contributed by atoms with van der Waals surface area (Å²) in [6.07, 6.45) is 3.48. The molecule has 23 heavy (non-hydrogen) atoms. The quantitative estimate of drug-likeness (QED) is 0.790. The van der Waals surface area contributed by atoms with Crippen LogP contribution in [0.1, 0.15) is 43.5 Å². The van der Waals surface area contributed by atoms with Crippen LogP contribution in [0.25, 0.3) is 5.78 Å². The molecule has 4 heterocycles. The lowest BCUT2D eigenvalue weighted by Crippen LogP contribution is -2.32. The molecule has 0 aliphatic carbocycles. The van der Waals surface area contributed by atoms with Gasteiger partial charge >= 0.3 is 0 Å². The van der Waals surface area contributed by atoms with Gasteiger partial charge in [-0.1, -0.05) is 13.8 Å². The first-order valence-electron chi connectivity index (χ1n) is 7.97. The summed E-state index contributed by atoms with van der Waals surface area (Å²) in [4.78, 5) is 13.2. The fourth-order valence-corrected chi connectivity index (χ4v) is 2.93. The van der Waals surface area contributed by atoms with E-state index in [0.29, 0.717) is 17.7 Å². The van der Waals surface area contributed by atoms with Crippen molar-refractivity contribution < 1.29 is 0 Å². The number of fused-ring (bicyclic) bond motifs is 2. The lowest BCUT2D eigenvalue weighted by atomic mass is 10.1. The first-order chi connectivity index (χ1) is 11.1.